The van der Waals surface area contributed by atoms with E-state index in [4.69, 9.17) is 25.7 Å². The van der Waals surface area contributed by atoms with Crippen LogP contribution in [-0.2, 0) is 46.5 Å². The molecule has 9 N–H and O–H groups in total. The molecule has 398 valence electrons. The molecule has 2 aromatic carbocycles. The van der Waals surface area contributed by atoms with E-state index in [2.05, 4.69) is 46.4 Å². The van der Waals surface area contributed by atoms with Crippen LogP contribution in [-0.4, -0.2) is 132 Å². The highest BCUT2D eigenvalue weighted by atomic mass is 16.5. The molecule has 4 aromatic rings. The number of Topliss-reactive ketones (excluding diaryl/α,β-unsaturated/α-hetero) is 1. The van der Waals surface area contributed by atoms with Crippen LogP contribution in [0.1, 0.15) is 74.0 Å². The molecule has 2 aromatic heterocycles. The molecule has 2 aliphatic rings. The minimum absolute atomic E-state index is 0.0156. The summed E-state index contributed by atoms with van der Waals surface area (Å²) in [5.41, 5.74) is 15.1. The molecule has 2 atom stereocenters. The van der Waals surface area contributed by atoms with Crippen LogP contribution in [0, 0.1) is 5.92 Å². The molecule has 0 spiro atoms. The van der Waals surface area contributed by atoms with Gasteiger partial charge < -0.3 is 57.2 Å². The Balaban J connectivity index is 0.931. The Hall–Kier alpha value is -8.47. The molecular weight excluding hydrogens is 969 g/mol. The Morgan fingerprint density at radius 2 is 1.61 bits per heavy atom. The number of imide groups is 1. The molecule has 75 heavy (non-hydrogen) atoms. The number of benzene rings is 2. The average molecular weight is 1030 g/mol. The largest absolute Gasteiger partial charge is 0.492 e. The number of nitrogens with one attached hydrogen (secondary N) is 5. The molecule has 8 amide bonds. The van der Waals surface area contributed by atoms with Crippen LogP contribution in [0.2, 0.25) is 0 Å². The maximum absolute atomic E-state index is 13.6. The van der Waals surface area contributed by atoms with Crippen molar-refractivity contribution in [3.8, 4) is 17.0 Å². The molecule has 1 saturated heterocycles. The van der Waals surface area contributed by atoms with Gasteiger partial charge >= 0.3 is 12.1 Å². The molecule has 0 saturated carbocycles. The third-order valence-corrected chi connectivity index (χ3v) is 12.1. The summed E-state index contributed by atoms with van der Waals surface area (Å²) in [6.07, 6.45) is 8.74. The van der Waals surface area contributed by atoms with Crippen LogP contribution >= 0.6 is 0 Å². The minimum Gasteiger partial charge on any atom is -0.492 e. The van der Waals surface area contributed by atoms with Gasteiger partial charge in [0.25, 0.3) is 11.8 Å². The molecular formula is C52H64N12O11. The van der Waals surface area contributed by atoms with E-state index in [1.165, 1.54) is 18.3 Å². The molecule has 0 radical (unpaired) electrons. The number of ketones is 1. The summed E-state index contributed by atoms with van der Waals surface area (Å²) >= 11 is 0. The monoisotopic (exact) mass is 1030 g/mol. The number of pyridine rings is 1. The van der Waals surface area contributed by atoms with Gasteiger partial charge in [-0.25, -0.2) is 19.6 Å². The number of amides is 8. The fraction of sp³-hybridized carbons (Fsp3) is 0.404. The van der Waals surface area contributed by atoms with Crippen molar-refractivity contribution < 1.29 is 52.6 Å². The number of nitrogens with zero attached hydrogens (tertiary/aromatic N) is 5. The van der Waals surface area contributed by atoms with Crippen molar-refractivity contribution in [2.24, 2.45) is 11.7 Å². The van der Waals surface area contributed by atoms with E-state index in [0.29, 0.717) is 80.2 Å². The number of hydrogen-bond donors (Lipinski definition) is 7. The summed E-state index contributed by atoms with van der Waals surface area (Å²) in [4.78, 5) is 117. The van der Waals surface area contributed by atoms with E-state index in [1.807, 2.05) is 6.07 Å². The number of anilines is 3. The van der Waals surface area contributed by atoms with Gasteiger partial charge in [0.15, 0.2) is 11.6 Å². The summed E-state index contributed by atoms with van der Waals surface area (Å²) in [5.74, 6) is -2.35. The maximum Gasteiger partial charge on any atom is 0.407 e. The number of nitrogen functional groups attached to an aromatic ring is 1. The number of primary amides is 1. The number of hydrogen-bond acceptors (Lipinski definition) is 16. The van der Waals surface area contributed by atoms with E-state index in [1.54, 1.807) is 74.8 Å². The van der Waals surface area contributed by atoms with E-state index in [0.717, 1.165) is 16.2 Å². The number of unbranched alkanes of at least 4 members (excludes halogenated alkanes) is 2. The summed E-state index contributed by atoms with van der Waals surface area (Å²) < 4.78 is 16.7. The van der Waals surface area contributed by atoms with Crippen LogP contribution in [0.3, 0.4) is 0 Å². The number of carbonyl (C=O) groups excluding carboxylic acids is 8. The van der Waals surface area contributed by atoms with Gasteiger partial charge in [0.05, 0.1) is 31.6 Å². The van der Waals surface area contributed by atoms with Gasteiger partial charge in [-0.1, -0.05) is 44.5 Å². The molecule has 0 aliphatic carbocycles. The zero-order valence-electron chi connectivity index (χ0n) is 42.0. The number of ether oxygens (including phenoxy) is 3. The Kier molecular flexibility index (Phi) is 20.9. The lowest BCUT2D eigenvalue weighted by Gasteiger charge is -2.30. The van der Waals surface area contributed by atoms with Gasteiger partial charge in [0.1, 0.15) is 36.7 Å². The Bertz CT molecular complexity index is 2680. The van der Waals surface area contributed by atoms with E-state index in [9.17, 15) is 38.4 Å². The number of carbonyl (C=O) groups is 8. The number of aromatic nitrogens is 3. The molecule has 0 unspecified atom stereocenters. The lowest BCUT2D eigenvalue weighted by atomic mass is 10.0. The lowest BCUT2D eigenvalue weighted by molar-refractivity contribution is -0.137. The number of morpholine rings is 1. The molecule has 0 bridgehead atoms. The third-order valence-electron chi connectivity index (χ3n) is 12.1. The van der Waals surface area contributed by atoms with Crippen molar-refractivity contribution in [2.45, 2.75) is 77.5 Å². The first-order valence-electron chi connectivity index (χ1n) is 24.8. The Morgan fingerprint density at radius 1 is 0.853 bits per heavy atom. The number of urea groups is 1. The standard InChI is InChI=1S/C52H64N12O11/c1-33(2)46(62-43(66)11-4-3-5-22-64-44(67)16-17-45(64)68)50(70)61-39(10-7-19-56-51(54)71)49(69)59-37-14-12-34(13-15-37)32-75-52(72)57-21-25-74-38-9-6-8-35(28-38)40-31-58-48(53)47(60-40)42(65)29-36-30-55-20-18-41(36)63-23-26-73-27-24-63/h6,8-9,12-18,20,28,30-31,33,39,46H,3-5,7,10-11,19,21-27,29,32H2,1-2H3,(H2,53,58)(H,57,72)(H,59,69)(H,61,70)(H,62,66)(H3,54,56,71)/t39-,46-/m0/s1. The smallest absolute Gasteiger partial charge is 0.407 e. The normalized spacial score (nSPS) is 14.0. The molecule has 23 heteroatoms. The van der Waals surface area contributed by atoms with Gasteiger partial charge in [0, 0.05) is 86.1 Å². The first-order valence-corrected chi connectivity index (χ1v) is 24.8. The first-order chi connectivity index (χ1) is 36.1. The molecule has 23 nitrogen and oxygen atoms in total. The van der Waals surface area contributed by atoms with Crippen molar-refractivity contribution in [3.63, 3.8) is 0 Å². The van der Waals surface area contributed by atoms with Gasteiger partial charge in [-0.2, -0.15) is 0 Å². The number of nitrogens with two attached hydrogens (primary N) is 2. The van der Waals surface area contributed by atoms with Crippen molar-refractivity contribution in [3.05, 3.63) is 102 Å². The van der Waals surface area contributed by atoms with Crippen LogP contribution in [0.5, 0.6) is 5.75 Å². The van der Waals surface area contributed by atoms with E-state index >= 15 is 0 Å². The number of alkyl carbamates (subject to hydrolysis) is 1. The van der Waals surface area contributed by atoms with Crippen molar-refractivity contribution >= 4 is 64.6 Å². The highest BCUT2D eigenvalue weighted by molar-refractivity contribution is 6.12. The highest BCUT2D eigenvalue weighted by Gasteiger charge is 2.29. The predicted molar refractivity (Wildman–Crippen MR) is 276 cm³/mol. The van der Waals surface area contributed by atoms with E-state index < -0.39 is 36.0 Å². The van der Waals surface area contributed by atoms with Gasteiger partial charge in [-0.15, -0.1) is 0 Å². The second-order valence-electron chi connectivity index (χ2n) is 18.0. The Labute approximate surface area is 433 Å². The minimum atomic E-state index is -1.06. The quantitative estimate of drug-likeness (QED) is 0.0256. The maximum atomic E-state index is 13.6. The zero-order chi connectivity index (χ0) is 53.7. The van der Waals surface area contributed by atoms with Gasteiger partial charge in [-0.3, -0.25) is 38.7 Å². The molecule has 1 fully saturated rings. The molecule has 4 heterocycles. The lowest BCUT2D eigenvalue weighted by Crippen LogP contribution is -2.54. The van der Waals surface area contributed by atoms with E-state index in [-0.39, 0.29) is 93.0 Å². The summed E-state index contributed by atoms with van der Waals surface area (Å²) in [7, 11) is 0. The fourth-order valence-corrected chi connectivity index (χ4v) is 8.06. The van der Waals surface area contributed by atoms with Crippen LogP contribution in [0.4, 0.5) is 26.8 Å². The zero-order valence-corrected chi connectivity index (χ0v) is 42.0. The first kappa shape index (κ1) is 55.8. The SMILES string of the molecule is CC(C)[C@H](NC(=O)CCCCCN1C(=O)C=CC1=O)C(=O)N[C@@H](CCCNC(N)=O)C(=O)Nc1ccc(COC(=O)NCCOc2cccc(-c3cnc(N)c(C(=O)Cc4cnccc4N4CCOCC4)n3)c2)cc1. The summed E-state index contributed by atoms with van der Waals surface area (Å²) in [5, 5.41) is 13.4. The summed E-state index contributed by atoms with van der Waals surface area (Å²) in [6, 6.07) is 12.7. The Morgan fingerprint density at radius 3 is 2.35 bits per heavy atom. The summed E-state index contributed by atoms with van der Waals surface area (Å²) in [6.45, 7) is 6.65. The van der Waals surface area contributed by atoms with Gasteiger partial charge in [-0.05, 0) is 67.5 Å². The fourth-order valence-electron chi connectivity index (χ4n) is 8.06. The third kappa shape index (κ3) is 17.3. The molecule has 6 rings (SSSR count). The van der Waals surface area contributed by atoms with Crippen molar-refractivity contribution in [2.75, 3.05) is 68.5 Å². The second-order valence-corrected chi connectivity index (χ2v) is 18.0. The van der Waals surface area contributed by atoms with Crippen molar-refractivity contribution in [1.82, 2.24) is 41.1 Å². The topological polar surface area (TPSA) is 322 Å². The predicted octanol–water partition coefficient (Wildman–Crippen LogP) is 3.19. The van der Waals surface area contributed by atoms with Gasteiger partial charge in [0.2, 0.25) is 17.7 Å². The second kappa shape index (κ2) is 28.1. The van der Waals surface area contributed by atoms with Crippen LogP contribution in [0.15, 0.2) is 85.3 Å². The molecule has 2 aliphatic heterocycles. The van der Waals surface area contributed by atoms with Crippen LogP contribution < -0.4 is 47.7 Å². The average Bonchev–Trinajstić information content (AvgIpc) is 3.72. The van der Waals surface area contributed by atoms with Crippen molar-refractivity contribution in [1.29, 1.82) is 0 Å². The highest BCUT2D eigenvalue weighted by Crippen LogP contribution is 2.26. The number of rotatable bonds is 27. The van der Waals surface area contributed by atoms with Crippen LogP contribution in [0.25, 0.3) is 11.3 Å².